The van der Waals surface area contributed by atoms with E-state index in [1.165, 1.54) is 0 Å². The normalized spacial score (nSPS) is 10.8. The maximum absolute atomic E-state index is 12.7. The Balaban J connectivity index is 2.03. The smallest absolute Gasteiger partial charge is 0.259 e. The molecule has 0 aliphatic rings. The van der Waals surface area contributed by atoms with Gasteiger partial charge in [-0.1, -0.05) is 29.3 Å². The van der Waals surface area contributed by atoms with Crippen molar-refractivity contribution in [3.8, 4) is 5.75 Å². The lowest BCUT2D eigenvalue weighted by atomic mass is 10.1. The average Bonchev–Trinajstić information content (AvgIpc) is 2.86. The molecule has 1 aromatic heterocycles. The summed E-state index contributed by atoms with van der Waals surface area (Å²) < 4.78 is 10.8. The minimum Gasteiger partial charge on any atom is -0.497 e. The molecule has 1 heterocycles. The fraction of sp³-hybridized carbons (Fsp3) is 0.118. The molecule has 23 heavy (non-hydrogen) atoms. The third-order valence-corrected chi connectivity index (χ3v) is 4.32. The quantitative estimate of drug-likeness (QED) is 0.697. The summed E-state index contributed by atoms with van der Waals surface area (Å²) in [7, 11) is 1.57. The number of ether oxygens (including phenoxy) is 1. The first-order valence-corrected chi connectivity index (χ1v) is 7.59. The number of carbonyl (C=O) groups excluding carboxylic acids is 1. The van der Waals surface area contributed by atoms with E-state index in [1.54, 1.807) is 50.4 Å². The lowest BCUT2D eigenvalue weighted by Crippen LogP contribution is -2.13. The van der Waals surface area contributed by atoms with Crippen LogP contribution in [0.2, 0.25) is 10.0 Å². The van der Waals surface area contributed by atoms with Crippen LogP contribution in [0.3, 0.4) is 0 Å². The molecule has 4 nitrogen and oxygen atoms in total. The first-order chi connectivity index (χ1) is 11.0. The highest BCUT2D eigenvalue weighted by Crippen LogP contribution is 2.32. The van der Waals surface area contributed by atoms with E-state index < -0.39 is 0 Å². The second kappa shape index (κ2) is 6.14. The predicted molar refractivity (Wildman–Crippen MR) is 91.9 cm³/mol. The van der Waals surface area contributed by atoms with Crippen LogP contribution in [0.1, 0.15) is 16.1 Å². The van der Waals surface area contributed by atoms with E-state index in [1.807, 2.05) is 0 Å². The van der Waals surface area contributed by atoms with Gasteiger partial charge >= 0.3 is 0 Å². The van der Waals surface area contributed by atoms with E-state index in [4.69, 9.17) is 32.4 Å². The Morgan fingerprint density at radius 1 is 1.22 bits per heavy atom. The molecule has 0 saturated carbocycles. The number of hydrogen-bond donors (Lipinski definition) is 1. The Labute approximate surface area is 142 Å². The maximum atomic E-state index is 12.7. The van der Waals surface area contributed by atoms with Crippen molar-refractivity contribution in [1.29, 1.82) is 0 Å². The van der Waals surface area contributed by atoms with Crippen LogP contribution in [0.25, 0.3) is 11.0 Å². The topological polar surface area (TPSA) is 51.5 Å². The lowest BCUT2D eigenvalue weighted by molar-refractivity contribution is 0.102. The molecule has 0 atom stereocenters. The molecule has 1 N–H and O–H groups in total. The zero-order valence-electron chi connectivity index (χ0n) is 12.4. The summed E-state index contributed by atoms with van der Waals surface area (Å²) in [4.78, 5) is 12.7. The van der Waals surface area contributed by atoms with Gasteiger partial charge in [0.2, 0.25) is 0 Å². The van der Waals surface area contributed by atoms with E-state index in [9.17, 15) is 4.79 Å². The van der Waals surface area contributed by atoms with Crippen LogP contribution >= 0.6 is 23.2 Å². The van der Waals surface area contributed by atoms with Gasteiger partial charge in [-0.15, -0.1) is 0 Å². The Kier molecular flexibility index (Phi) is 4.20. The molecule has 118 valence electrons. The molecule has 0 radical (unpaired) electrons. The van der Waals surface area contributed by atoms with Crippen LogP contribution in [0.15, 0.2) is 40.8 Å². The Hall–Kier alpha value is -2.17. The lowest BCUT2D eigenvalue weighted by Gasteiger charge is -2.08. The van der Waals surface area contributed by atoms with E-state index in [0.717, 1.165) is 0 Å². The van der Waals surface area contributed by atoms with E-state index in [2.05, 4.69) is 5.32 Å². The fourth-order valence-electron chi connectivity index (χ4n) is 2.39. The number of halogens is 2. The number of rotatable bonds is 3. The highest BCUT2D eigenvalue weighted by molar-refractivity contribution is 6.44. The van der Waals surface area contributed by atoms with Crippen LogP contribution in [-0.2, 0) is 0 Å². The van der Waals surface area contributed by atoms with Gasteiger partial charge in [-0.05, 0) is 37.3 Å². The number of aryl methyl sites for hydroxylation is 1. The summed E-state index contributed by atoms with van der Waals surface area (Å²) in [6.45, 7) is 1.74. The highest BCUT2D eigenvalue weighted by atomic mass is 35.5. The van der Waals surface area contributed by atoms with Gasteiger partial charge in [0.05, 0.1) is 28.4 Å². The number of anilines is 1. The third kappa shape index (κ3) is 2.87. The summed E-state index contributed by atoms with van der Waals surface area (Å²) >= 11 is 12.1. The van der Waals surface area contributed by atoms with Crippen LogP contribution < -0.4 is 10.1 Å². The van der Waals surface area contributed by atoms with Gasteiger partial charge in [0, 0.05) is 5.39 Å². The molecule has 6 heteroatoms. The summed E-state index contributed by atoms with van der Waals surface area (Å²) in [5, 5.41) is 4.12. The van der Waals surface area contributed by atoms with E-state index in [-0.39, 0.29) is 5.91 Å². The first-order valence-electron chi connectivity index (χ1n) is 6.83. The molecule has 0 aliphatic carbocycles. The zero-order chi connectivity index (χ0) is 16.6. The van der Waals surface area contributed by atoms with Gasteiger partial charge < -0.3 is 14.5 Å². The van der Waals surface area contributed by atoms with Crippen molar-refractivity contribution in [3.63, 3.8) is 0 Å². The molecule has 0 fully saturated rings. The molecule has 3 rings (SSSR count). The van der Waals surface area contributed by atoms with E-state index in [0.29, 0.717) is 43.8 Å². The Bertz CT molecular complexity index is 902. The number of nitrogens with one attached hydrogen (secondary N) is 1. The molecule has 0 bridgehead atoms. The summed E-state index contributed by atoms with van der Waals surface area (Å²) in [6, 6.07) is 10.4. The molecule has 1 amide bonds. The molecule has 3 aromatic rings. The fourth-order valence-corrected chi connectivity index (χ4v) is 2.74. The van der Waals surface area contributed by atoms with Crippen molar-refractivity contribution in [3.05, 3.63) is 57.8 Å². The minimum absolute atomic E-state index is 0.297. The van der Waals surface area contributed by atoms with Gasteiger partial charge in [0.1, 0.15) is 17.1 Å². The van der Waals surface area contributed by atoms with Gasteiger partial charge in [0.15, 0.2) is 0 Å². The Morgan fingerprint density at radius 2 is 2.00 bits per heavy atom. The van der Waals surface area contributed by atoms with Crippen LogP contribution in [0.4, 0.5) is 5.69 Å². The predicted octanol–water partition coefficient (Wildman–Crippen LogP) is 5.31. The van der Waals surface area contributed by atoms with E-state index >= 15 is 0 Å². The SMILES string of the molecule is COc1ccc2oc(C)c(C(=O)Nc3cccc(Cl)c3Cl)c2c1. The first kappa shape index (κ1) is 15.7. The summed E-state index contributed by atoms with van der Waals surface area (Å²) in [5.74, 6) is 0.843. The summed E-state index contributed by atoms with van der Waals surface area (Å²) in [5.41, 5.74) is 1.50. The number of amides is 1. The van der Waals surface area contributed by atoms with Gasteiger partial charge in [-0.25, -0.2) is 0 Å². The second-order valence-corrected chi connectivity index (χ2v) is 5.74. The monoisotopic (exact) mass is 349 g/mol. The largest absolute Gasteiger partial charge is 0.497 e. The van der Waals surface area contributed by atoms with Crippen molar-refractivity contribution in [2.75, 3.05) is 12.4 Å². The van der Waals surface area contributed by atoms with Gasteiger partial charge in [-0.3, -0.25) is 4.79 Å². The number of carbonyl (C=O) groups is 1. The molecule has 0 spiro atoms. The van der Waals surface area contributed by atoms with Crippen molar-refractivity contribution < 1.29 is 13.9 Å². The standard InChI is InChI=1S/C17H13Cl2NO3/c1-9-15(11-8-10(22-2)6-7-14(11)23-9)17(21)20-13-5-3-4-12(18)16(13)19/h3-8H,1-2H3,(H,20,21). The molecular weight excluding hydrogens is 337 g/mol. The van der Waals surface area contributed by atoms with Crippen molar-refractivity contribution in [1.82, 2.24) is 0 Å². The average molecular weight is 350 g/mol. The number of methoxy groups -OCH3 is 1. The molecule has 0 saturated heterocycles. The maximum Gasteiger partial charge on any atom is 0.259 e. The Morgan fingerprint density at radius 3 is 2.74 bits per heavy atom. The van der Waals surface area contributed by atoms with Crippen molar-refractivity contribution in [2.45, 2.75) is 6.92 Å². The number of hydrogen-bond acceptors (Lipinski definition) is 3. The van der Waals surface area contributed by atoms with Crippen LogP contribution in [0.5, 0.6) is 5.75 Å². The number of fused-ring (bicyclic) bond motifs is 1. The van der Waals surface area contributed by atoms with Crippen molar-refractivity contribution in [2.24, 2.45) is 0 Å². The van der Waals surface area contributed by atoms with Crippen LogP contribution in [0, 0.1) is 6.92 Å². The van der Waals surface area contributed by atoms with Gasteiger partial charge in [-0.2, -0.15) is 0 Å². The second-order valence-electron chi connectivity index (χ2n) is 4.95. The summed E-state index contributed by atoms with van der Waals surface area (Å²) in [6.07, 6.45) is 0. The number of furan rings is 1. The molecule has 2 aromatic carbocycles. The highest BCUT2D eigenvalue weighted by Gasteiger charge is 2.20. The van der Waals surface area contributed by atoms with Gasteiger partial charge in [0.25, 0.3) is 5.91 Å². The molecule has 0 aliphatic heterocycles. The zero-order valence-corrected chi connectivity index (χ0v) is 14.0. The van der Waals surface area contributed by atoms with Crippen LogP contribution in [-0.4, -0.2) is 13.0 Å². The number of benzene rings is 2. The minimum atomic E-state index is -0.321. The molecular formula is C17H13Cl2NO3. The van der Waals surface area contributed by atoms with Crippen molar-refractivity contribution >= 4 is 45.8 Å². The third-order valence-electron chi connectivity index (χ3n) is 3.50. The molecule has 0 unspecified atom stereocenters.